The van der Waals surface area contributed by atoms with Crippen LogP contribution >= 0.6 is 12.2 Å². The van der Waals surface area contributed by atoms with Gasteiger partial charge in [-0.1, -0.05) is 31.2 Å². The van der Waals surface area contributed by atoms with Gasteiger partial charge in [0.1, 0.15) is 11.6 Å². The zero-order valence-electron chi connectivity index (χ0n) is 16.9. The van der Waals surface area contributed by atoms with Crippen molar-refractivity contribution < 1.29 is 4.74 Å². The van der Waals surface area contributed by atoms with Crippen molar-refractivity contribution in [2.45, 2.75) is 26.3 Å². The number of rotatable bonds is 5. The van der Waals surface area contributed by atoms with Crippen molar-refractivity contribution in [3.63, 3.8) is 0 Å². The van der Waals surface area contributed by atoms with Gasteiger partial charge in [-0.05, 0) is 36.2 Å². The first-order valence-electron chi connectivity index (χ1n) is 10.3. The summed E-state index contributed by atoms with van der Waals surface area (Å²) in [5.41, 5.74) is 2.79. The summed E-state index contributed by atoms with van der Waals surface area (Å²) in [6.07, 6.45) is 2.03. The smallest absolute Gasteiger partial charge is 0.232 e. The van der Waals surface area contributed by atoms with Crippen LogP contribution in [0.15, 0.2) is 30.3 Å². The monoisotopic (exact) mass is 412 g/mol. The minimum Gasteiger partial charge on any atom is -0.378 e. The summed E-state index contributed by atoms with van der Waals surface area (Å²) >= 11 is 5.40. The second-order valence-corrected chi connectivity index (χ2v) is 7.74. The molecule has 2 aliphatic rings. The molecular formula is C21H28N6OS. The zero-order valence-corrected chi connectivity index (χ0v) is 17.7. The molecule has 2 N–H and O–H groups in total. The van der Waals surface area contributed by atoms with Crippen molar-refractivity contribution in [1.82, 2.24) is 15.3 Å². The normalized spacial score (nSPS) is 16.3. The average Bonchev–Trinajstić information content (AvgIpc) is 2.77. The maximum atomic E-state index is 5.50. The quantitative estimate of drug-likeness (QED) is 0.727. The van der Waals surface area contributed by atoms with Crippen LogP contribution in [0.5, 0.6) is 0 Å². The Morgan fingerprint density at radius 2 is 1.79 bits per heavy atom. The van der Waals surface area contributed by atoms with E-state index in [0.29, 0.717) is 11.1 Å². The molecule has 0 spiro atoms. The number of anilines is 3. The maximum Gasteiger partial charge on any atom is 0.232 e. The van der Waals surface area contributed by atoms with Gasteiger partial charge in [0.15, 0.2) is 5.11 Å². The maximum absolute atomic E-state index is 5.50. The van der Waals surface area contributed by atoms with Crippen molar-refractivity contribution in [3.05, 3.63) is 41.5 Å². The molecule has 154 valence electrons. The van der Waals surface area contributed by atoms with E-state index in [1.54, 1.807) is 0 Å². The van der Waals surface area contributed by atoms with Crippen molar-refractivity contribution in [2.24, 2.45) is 0 Å². The van der Waals surface area contributed by atoms with Gasteiger partial charge in [-0.3, -0.25) is 0 Å². The highest BCUT2D eigenvalue weighted by Crippen LogP contribution is 2.27. The Hall–Kier alpha value is -2.45. The van der Waals surface area contributed by atoms with Crippen LogP contribution in [0.2, 0.25) is 0 Å². The number of hydrogen-bond donors (Lipinski definition) is 2. The zero-order chi connectivity index (χ0) is 20.1. The van der Waals surface area contributed by atoms with E-state index < -0.39 is 0 Å². The van der Waals surface area contributed by atoms with E-state index in [0.717, 1.165) is 70.4 Å². The number of nitrogens with zero attached hydrogens (tertiary/aromatic N) is 4. The summed E-state index contributed by atoms with van der Waals surface area (Å²) in [4.78, 5) is 14.1. The molecule has 4 rings (SSSR count). The molecule has 0 amide bonds. The highest BCUT2D eigenvalue weighted by atomic mass is 32.1. The van der Waals surface area contributed by atoms with Gasteiger partial charge < -0.3 is 25.2 Å². The third kappa shape index (κ3) is 4.94. The third-order valence-corrected chi connectivity index (χ3v) is 5.50. The second kappa shape index (κ2) is 9.37. The lowest BCUT2D eigenvalue weighted by atomic mass is 10.00. The van der Waals surface area contributed by atoms with E-state index in [9.17, 15) is 0 Å². The number of aromatic nitrogens is 2. The number of hydrogen-bond acceptors (Lipinski definition) is 6. The van der Waals surface area contributed by atoms with E-state index in [1.807, 2.05) is 0 Å². The molecule has 2 aromatic rings. The van der Waals surface area contributed by atoms with Crippen LogP contribution in [0.3, 0.4) is 0 Å². The molecular weight excluding hydrogens is 384 g/mol. The first-order chi connectivity index (χ1) is 14.2. The Balaban J connectivity index is 1.59. The summed E-state index contributed by atoms with van der Waals surface area (Å²) in [5, 5.41) is 6.91. The average molecular weight is 413 g/mol. The molecule has 8 heteroatoms. The molecule has 0 saturated carbocycles. The van der Waals surface area contributed by atoms with E-state index in [1.165, 1.54) is 11.1 Å². The number of ether oxygens (including phenoxy) is 1. The van der Waals surface area contributed by atoms with Gasteiger partial charge in [-0.25, -0.2) is 0 Å². The molecule has 1 fully saturated rings. The number of nitrogens with one attached hydrogen (secondary N) is 2. The molecule has 3 heterocycles. The molecule has 2 aliphatic heterocycles. The Labute approximate surface area is 177 Å². The molecule has 0 bridgehead atoms. The van der Waals surface area contributed by atoms with Crippen LogP contribution in [0.25, 0.3) is 0 Å². The number of thiocarbonyl (C=S) groups is 1. The molecule has 1 saturated heterocycles. The molecule has 1 aromatic heterocycles. The highest BCUT2D eigenvalue weighted by Gasteiger charge is 2.21. The minimum atomic E-state index is 0.538. The van der Waals surface area contributed by atoms with Gasteiger partial charge in [0.25, 0.3) is 0 Å². The van der Waals surface area contributed by atoms with E-state index in [-0.39, 0.29) is 0 Å². The fourth-order valence-electron chi connectivity index (χ4n) is 3.67. The Kier molecular flexibility index (Phi) is 6.41. The van der Waals surface area contributed by atoms with E-state index in [4.69, 9.17) is 26.9 Å². The summed E-state index contributed by atoms with van der Waals surface area (Å²) in [5.74, 6) is 2.38. The summed E-state index contributed by atoms with van der Waals surface area (Å²) < 4.78 is 5.50. The van der Waals surface area contributed by atoms with Crippen LogP contribution in [0.1, 0.15) is 24.5 Å². The highest BCUT2D eigenvalue weighted by molar-refractivity contribution is 7.80. The van der Waals surface area contributed by atoms with Crippen molar-refractivity contribution in [1.29, 1.82) is 0 Å². The molecule has 0 atom stereocenters. The predicted molar refractivity (Wildman–Crippen MR) is 121 cm³/mol. The lowest BCUT2D eigenvalue weighted by molar-refractivity contribution is 0.122. The Bertz CT molecular complexity index is 855. The second-order valence-electron chi connectivity index (χ2n) is 7.33. The molecule has 7 nitrogen and oxygen atoms in total. The van der Waals surface area contributed by atoms with Gasteiger partial charge in [0.2, 0.25) is 5.95 Å². The fraction of sp³-hybridized carbons (Fsp3) is 0.476. The van der Waals surface area contributed by atoms with Crippen LogP contribution in [0.4, 0.5) is 17.6 Å². The molecule has 29 heavy (non-hydrogen) atoms. The molecule has 0 radical (unpaired) electrons. The third-order valence-electron chi connectivity index (χ3n) is 5.25. The van der Waals surface area contributed by atoms with Crippen LogP contribution in [-0.4, -0.2) is 54.5 Å². The Morgan fingerprint density at radius 1 is 1.07 bits per heavy atom. The van der Waals surface area contributed by atoms with Crippen molar-refractivity contribution in [2.75, 3.05) is 54.5 Å². The van der Waals surface area contributed by atoms with Gasteiger partial charge in [0, 0.05) is 38.8 Å². The molecule has 1 aromatic carbocycles. The largest absolute Gasteiger partial charge is 0.378 e. The lowest BCUT2D eigenvalue weighted by Gasteiger charge is -2.32. The molecule has 0 unspecified atom stereocenters. The Morgan fingerprint density at radius 3 is 2.55 bits per heavy atom. The van der Waals surface area contributed by atoms with E-state index >= 15 is 0 Å². The predicted octanol–water partition coefficient (Wildman–Crippen LogP) is 2.57. The van der Waals surface area contributed by atoms with E-state index in [2.05, 4.69) is 57.7 Å². The lowest BCUT2D eigenvalue weighted by Crippen LogP contribution is -2.38. The minimum absolute atomic E-state index is 0.538. The number of benzene rings is 1. The van der Waals surface area contributed by atoms with Crippen LogP contribution < -0.4 is 20.4 Å². The van der Waals surface area contributed by atoms with Gasteiger partial charge in [-0.15, -0.1) is 0 Å². The van der Waals surface area contributed by atoms with Gasteiger partial charge >= 0.3 is 0 Å². The number of fused-ring (bicyclic) bond motifs is 1. The van der Waals surface area contributed by atoms with Gasteiger partial charge in [-0.2, -0.15) is 9.97 Å². The fourth-order valence-corrected chi connectivity index (χ4v) is 3.86. The number of morpholine rings is 1. The van der Waals surface area contributed by atoms with Gasteiger partial charge in [0.05, 0.1) is 13.2 Å². The first-order valence-corrected chi connectivity index (χ1v) is 10.7. The molecule has 0 aliphatic carbocycles. The van der Waals surface area contributed by atoms with Crippen LogP contribution in [-0.2, 0) is 17.7 Å². The summed E-state index contributed by atoms with van der Waals surface area (Å²) in [6, 6.07) is 10.7. The summed E-state index contributed by atoms with van der Waals surface area (Å²) in [7, 11) is 0. The summed E-state index contributed by atoms with van der Waals surface area (Å²) in [6.45, 7) is 7.82. The SMILES string of the molecule is CCCNC(=S)Nc1nc(N2CCOCC2)cc(N2CCc3ccccc3C2)n1. The van der Waals surface area contributed by atoms with Crippen LogP contribution in [0, 0.1) is 0 Å². The van der Waals surface area contributed by atoms with Crippen molar-refractivity contribution in [3.8, 4) is 0 Å². The topological polar surface area (TPSA) is 65.6 Å². The first kappa shape index (κ1) is 19.8. The van der Waals surface area contributed by atoms with Crippen molar-refractivity contribution >= 4 is 34.9 Å². The standard InChI is InChI=1S/C21H28N6OS/c1-2-8-22-21(29)25-20-23-18(26-10-12-28-13-11-26)14-19(24-20)27-9-7-16-5-3-4-6-17(16)15-27/h3-6,14H,2,7-13,15H2,1H3,(H2,22,23,24,25,29).